The molecule has 0 heterocycles. The van der Waals surface area contributed by atoms with Crippen molar-refractivity contribution in [3.8, 4) is 0 Å². The van der Waals surface area contributed by atoms with E-state index in [-0.39, 0.29) is 0 Å². The molecule has 0 saturated carbocycles. The monoisotopic (exact) mass is 195 g/mol. The molecule has 0 bridgehead atoms. The molecule has 0 radical (unpaired) electrons. The van der Waals surface area contributed by atoms with E-state index in [1.54, 1.807) is 0 Å². The van der Waals surface area contributed by atoms with E-state index in [0.29, 0.717) is 5.92 Å². The second-order valence-corrected chi connectivity index (χ2v) is 3.87. The highest BCUT2D eigenvalue weighted by molar-refractivity contribution is 5.26. The van der Waals surface area contributed by atoms with Crippen LogP contribution in [0.15, 0.2) is 23.4 Å². The van der Waals surface area contributed by atoms with Gasteiger partial charge in [-0.1, -0.05) is 39.8 Å². The van der Waals surface area contributed by atoms with Gasteiger partial charge in [0, 0.05) is 12.2 Å². The van der Waals surface area contributed by atoms with Crippen LogP contribution in [-0.4, -0.2) is 6.54 Å². The van der Waals surface area contributed by atoms with Gasteiger partial charge in [0.2, 0.25) is 0 Å². The Labute approximate surface area is 89.3 Å². The fraction of sp³-hybridized carbons (Fsp3) is 0.692. The SMILES string of the molecule is C/C=C\C(=C(/CC)NCCC)C(C)C. The van der Waals surface area contributed by atoms with E-state index in [9.17, 15) is 0 Å². The topological polar surface area (TPSA) is 12.0 Å². The summed E-state index contributed by atoms with van der Waals surface area (Å²) in [5, 5.41) is 3.51. The highest BCUT2D eigenvalue weighted by atomic mass is 14.9. The van der Waals surface area contributed by atoms with Gasteiger partial charge < -0.3 is 5.32 Å². The Hall–Kier alpha value is -0.720. The number of hydrogen-bond donors (Lipinski definition) is 1. The minimum Gasteiger partial charge on any atom is -0.388 e. The molecule has 0 aliphatic rings. The van der Waals surface area contributed by atoms with Crippen LogP contribution < -0.4 is 5.32 Å². The first-order valence-electron chi connectivity index (χ1n) is 5.76. The molecule has 0 saturated heterocycles. The number of hydrogen-bond acceptors (Lipinski definition) is 1. The summed E-state index contributed by atoms with van der Waals surface area (Å²) in [4.78, 5) is 0. The van der Waals surface area contributed by atoms with Crippen molar-refractivity contribution in [1.82, 2.24) is 5.32 Å². The Bertz CT molecular complexity index is 199. The van der Waals surface area contributed by atoms with Gasteiger partial charge in [-0.25, -0.2) is 0 Å². The number of allylic oxidation sites excluding steroid dienone is 4. The Morgan fingerprint density at radius 3 is 2.29 bits per heavy atom. The van der Waals surface area contributed by atoms with Crippen molar-refractivity contribution in [1.29, 1.82) is 0 Å². The van der Waals surface area contributed by atoms with Gasteiger partial charge in [-0.05, 0) is 31.3 Å². The normalized spacial score (nSPS) is 13.6. The van der Waals surface area contributed by atoms with Gasteiger partial charge in [-0.15, -0.1) is 0 Å². The van der Waals surface area contributed by atoms with E-state index >= 15 is 0 Å². The molecule has 0 aliphatic carbocycles. The van der Waals surface area contributed by atoms with Gasteiger partial charge >= 0.3 is 0 Å². The Morgan fingerprint density at radius 2 is 1.93 bits per heavy atom. The van der Waals surface area contributed by atoms with E-state index in [2.05, 4.69) is 52.1 Å². The van der Waals surface area contributed by atoms with Crippen LogP contribution in [0.2, 0.25) is 0 Å². The molecule has 1 nitrogen and oxygen atoms in total. The first-order valence-corrected chi connectivity index (χ1v) is 5.76. The second kappa shape index (κ2) is 7.66. The third-order valence-electron chi connectivity index (χ3n) is 2.26. The Kier molecular flexibility index (Phi) is 7.27. The van der Waals surface area contributed by atoms with Crippen LogP contribution >= 0.6 is 0 Å². The Morgan fingerprint density at radius 1 is 1.29 bits per heavy atom. The molecule has 1 N–H and O–H groups in total. The minimum atomic E-state index is 0.602. The Balaban J connectivity index is 4.69. The fourth-order valence-corrected chi connectivity index (χ4v) is 1.53. The molecule has 0 unspecified atom stereocenters. The molecule has 0 aliphatic heterocycles. The van der Waals surface area contributed by atoms with Crippen molar-refractivity contribution in [3.63, 3.8) is 0 Å². The van der Waals surface area contributed by atoms with Crippen molar-refractivity contribution in [2.45, 2.75) is 47.5 Å². The first kappa shape index (κ1) is 13.3. The summed E-state index contributed by atoms with van der Waals surface area (Å²) >= 11 is 0. The fourth-order valence-electron chi connectivity index (χ4n) is 1.53. The summed E-state index contributed by atoms with van der Waals surface area (Å²) in [6.45, 7) is 12.1. The molecular formula is C13H25N. The molecule has 14 heavy (non-hydrogen) atoms. The van der Waals surface area contributed by atoms with Gasteiger partial charge in [-0.2, -0.15) is 0 Å². The highest BCUT2D eigenvalue weighted by Gasteiger charge is 2.05. The molecule has 0 fully saturated rings. The molecule has 0 aromatic carbocycles. The lowest BCUT2D eigenvalue weighted by Crippen LogP contribution is -2.17. The van der Waals surface area contributed by atoms with Crippen molar-refractivity contribution in [2.24, 2.45) is 5.92 Å². The zero-order valence-corrected chi connectivity index (χ0v) is 10.4. The number of rotatable bonds is 6. The predicted molar refractivity (Wildman–Crippen MR) is 65.3 cm³/mol. The van der Waals surface area contributed by atoms with Gasteiger partial charge in [0.25, 0.3) is 0 Å². The summed E-state index contributed by atoms with van der Waals surface area (Å²) in [7, 11) is 0. The van der Waals surface area contributed by atoms with Crippen LogP contribution in [-0.2, 0) is 0 Å². The standard InChI is InChI=1S/C13H25N/c1-6-9-12(11(4)5)13(8-3)14-10-7-2/h6,9,11,14H,7-8,10H2,1-5H3/b9-6-,13-12-. The summed E-state index contributed by atoms with van der Waals surface area (Å²) in [6.07, 6.45) is 6.63. The van der Waals surface area contributed by atoms with E-state index in [1.807, 2.05) is 0 Å². The average molecular weight is 195 g/mol. The maximum Gasteiger partial charge on any atom is 0.0141 e. The first-order chi connectivity index (χ1) is 6.67. The lowest BCUT2D eigenvalue weighted by molar-refractivity contribution is 0.693. The van der Waals surface area contributed by atoms with E-state index < -0.39 is 0 Å². The molecule has 1 heteroatoms. The molecule has 0 rings (SSSR count). The third-order valence-corrected chi connectivity index (χ3v) is 2.26. The van der Waals surface area contributed by atoms with Gasteiger partial charge in [-0.3, -0.25) is 0 Å². The van der Waals surface area contributed by atoms with Crippen LogP contribution in [0.1, 0.15) is 47.5 Å². The largest absolute Gasteiger partial charge is 0.388 e. The molecular weight excluding hydrogens is 170 g/mol. The van der Waals surface area contributed by atoms with Crippen LogP contribution in [0.25, 0.3) is 0 Å². The molecule has 0 spiro atoms. The van der Waals surface area contributed by atoms with E-state index in [1.165, 1.54) is 17.7 Å². The highest BCUT2D eigenvalue weighted by Crippen LogP contribution is 2.17. The lowest BCUT2D eigenvalue weighted by Gasteiger charge is -2.16. The molecule has 0 aromatic heterocycles. The quantitative estimate of drug-likeness (QED) is 0.634. The average Bonchev–Trinajstić information content (AvgIpc) is 2.17. The van der Waals surface area contributed by atoms with E-state index in [4.69, 9.17) is 0 Å². The molecule has 0 aromatic rings. The summed E-state index contributed by atoms with van der Waals surface area (Å²) in [5.74, 6) is 0.602. The van der Waals surface area contributed by atoms with Crippen LogP contribution in [0.5, 0.6) is 0 Å². The predicted octanol–water partition coefficient (Wildman–Crippen LogP) is 3.88. The van der Waals surface area contributed by atoms with Gasteiger partial charge in [0.15, 0.2) is 0 Å². The van der Waals surface area contributed by atoms with Crippen LogP contribution in [0.4, 0.5) is 0 Å². The summed E-state index contributed by atoms with van der Waals surface area (Å²) in [5.41, 5.74) is 2.85. The summed E-state index contributed by atoms with van der Waals surface area (Å²) < 4.78 is 0. The lowest BCUT2D eigenvalue weighted by atomic mass is 9.99. The minimum absolute atomic E-state index is 0.602. The second-order valence-electron chi connectivity index (χ2n) is 3.87. The molecule has 0 amide bonds. The number of nitrogens with one attached hydrogen (secondary N) is 1. The van der Waals surface area contributed by atoms with Crippen molar-refractivity contribution >= 4 is 0 Å². The molecule has 82 valence electrons. The zero-order valence-electron chi connectivity index (χ0n) is 10.4. The summed E-state index contributed by atoms with van der Waals surface area (Å²) in [6, 6.07) is 0. The van der Waals surface area contributed by atoms with E-state index in [0.717, 1.165) is 13.0 Å². The van der Waals surface area contributed by atoms with Crippen LogP contribution in [0.3, 0.4) is 0 Å². The van der Waals surface area contributed by atoms with Crippen molar-refractivity contribution in [2.75, 3.05) is 6.54 Å². The van der Waals surface area contributed by atoms with Crippen molar-refractivity contribution in [3.05, 3.63) is 23.4 Å². The zero-order chi connectivity index (χ0) is 11.0. The maximum atomic E-state index is 3.51. The smallest absolute Gasteiger partial charge is 0.0141 e. The molecule has 0 atom stereocenters. The maximum absolute atomic E-state index is 3.51. The van der Waals surface area contributed by atoms with Gasteiger partial charge in [0.1, 0.15) is 0 Å². The third kappa shape index (κ3) is 4.50. The van der Waals surface area contributed by atoms with Gasteiger partial charge in [0.05, 0.1) is 0 Å². The van der Waals surface area contributed by atoms with Crippen molar-refractivity contribution < 1.29 is 0 Å². The van der Waals surface area contributed by atoms with Crippen LogP contribution in [0, 0.1) is 5.92 Å².